The summed E-state index contributed by atoms with van der Waals surface area (Å²) in [6, 6.07) is 11.2. The van der Waals surface area contributed by atoms with Crippen molar-refractivity contribution >= 4 is 11.9 Å². The smallest absolute Gasteiger partial charge is 0.342 e. The maximum Gasteiger partial charge on any atom is 0.342 e. The van der Waals surface area contributed by atoms with E-state index >= 15 is 0 Å². The van der Waals surface area contributed by atoms with Gasteiger partial charge < -0.3 is 104 Å². The Bertz CT molecular complexity index is 1750. The first-order chi connectivity index (χ1) is 29.9. The van der Waals surface area contributed by atoms with Gasteiger partial charge in [0.25, 0.3) is 0 Å². The van der Waals surface area contributed by atoms with Crippen molar-refractivity contribution in [3.05, 3.63) is 59.7 Å². The van der Waals surface area contributed by atoms with Crippen molar-refractivity contribution in [2.45, 2.75) is 137 Å². The van der Waals surface area contributed by atoms with Crippen LogP contribution in [0.4, 0.5) is 0 Å². The van der Waals surface area contributed by atoms with Crippen LogP contribution in [0.1, 0.15) is 31.4 Å². The van der Waals surface area contributed by atoms with E-state index in [2.05, 4.69) is 0 Å². The zero-order valence-corrected chi connectivity index (χ0v) is 34.1. The number of ether oxygens (including phenoxy) is 8. The van der Waals surface area contributed by atoms with Crippen LogP contribution in [0.2, 0.25) is 0 Å². The molecule has 3 aliphatic rings. The molecule has 0 unspecified atom stereocenters. The molecule has 0 amide bonds. The number of hydrogen-bond acceptors (Lipinski definition) is 23. The predicted molar refractivity (Wildman–Crippen MR) is 204 cm³/mol. The number of aliphatic hydroxyl groups excluding tert-OH is 13. The Balaban J connectivity index is 1.32. The SMILES string of the molecule is CC[C@H](C)[C@](O[C@@H]1O[C@H](CO)[C@@H](O)[C@H](O)[C@H]1O)(C(=O)OCc1ccc(O[C@@H]2O[C@H](CO)[C@@H](O)[C@H](O)[C@H]2O)cc1)[C@H](O)C(=O)OCc1ccc(O[C@@H]2O[C@H](CO)[C@@H](O)[C@H](O)[C@H]2O)cc1. The molecule has 3 aliphatic heterocycles. The zero-order valence-electron chi connectivity index (χ0n) is 34.1. The van der Waals surface area contributed by atoms with E-state index in [-0.39, 0.29) is 17.9 Å². The first kappa shape index (κ1) is 50.3. The fraction of sp³-hybridized carbons (Fsp3) is 0.650. The van der Waals surface area contributed by atoms with Gasteiger partial charge in [-0.3, -0.25) is 0 Å². The number of esters is 2. The average molecular weight is 905 g/mol. The van der Waals surface area contributed by atoms with Crippen LogP contribution >= 0.6 is 0 Å². The standard InChI is InChI=1S/C40H56O23/c1-3-17(2)40(63-38-33(52)30(49)27(46)24(14-43)62-38,39(55)57-16-19-6-10-21(11-7-19)59-37-32(51)29(48)26(45)23(13-42)61-37)34(53)35(54)56-15-18-4-8-20(9-5-18)58-36-31(50)28(47)25(44)22(12-41)60-36/h4-11,17,22-34,36-38,41-53H,3,12-16H2,1-2H3/t17-,22+,23+,24+,25+,26+,27+,28-,29-,30-,31+,32+,33+,34+,36+,37+,38-,40+/m0/s1. The molecule has 354 valence electrons. The number of carbonyl (C=O) groups excluding carboxylic acids is 2. The van der Waals surface area contributed by atoms with E-state index in [1.54, 1.807) is 6.92 Å². The molecule has 2 aromatic rings. The van der Waals surface area contributed by atoms with E-state index in [1.165, 1.54) is 55.5 Å². The largest absolute Gasteiger partial charge is 0.462 e. The summed E-state index contributed by atoms with van der Waals surface area (Å²) in [4.78, 5) is 28.0. The lowest BCUT2D eigenvalue weighted by atomic mass is 9.81. The van der Waals surface area contributed by atoms with Crippen LogP contribution in [0, 0.1) is 5.92 Å². The van der Waals surface area contributed by atoms with Crippen LogP contribution in [-0.2, 0) is 51.2 Å². The van der Waals surface area contributed by atoms with Crippen molar-refractivity contribution in [1.82, 2.24) is 0 Å². The summed E-state index contributed by atoms with van der Waals surface area (Å²) in [5, 5.41) is 133. The van der Waals surface area contributed by atoms with Gasteiger partial charge in [0.05, 0.1) is 19.8 Å². The highest BCUT2D eigenvalue weighted by Crippen LogP contribution is 2.37. The lowest BCUT2D eigenvalue weighted by molar-refractivity contribution is -0.338. The highest BCUT2D eigenvalue weighted by Gasteiger charge is 2.59. The Labute approximate surface area is 359 Å². The molecular weight excluding hydrogens is 848 g/mol. The number of benzene rings is 2. The average Bonchev–Trinajstić information content (AvgIpc) is 3.29. The van der Waals surface area contributed by atoms with Crippen molar-refractivity contribution in [3.63, 3.8) is 0 Å². The van der Waals surface area contributed by atoms with Crippen LogP contribution < -0.4 is 9.47 Å². The summed E-state index contributed by atoms with van der Waals surface area (Å²) in [7, 11) is 0. The van der Waals surface area contributed by atoms with Crippen molar-refractivity contribution < 1.29 is 114 Å². The quantitative estimate of drug-likeness (QED) is 0.0622. The fourth-order valence-corrected chi connectivity index (χ4v) is 7.07. The molecule has 13 N–H and O–H groups in total. The van der Waals surface area contributed by atoms with Crippen LogP contribution in [0.25, 0.3) is 0 Å². The van der Waals surface area contributed by atoms with Gasteiger partial charge in [0.2, 0.25) is 18.2 Å². The van der Waals surface area contributed by atoms with E-state index < -0.39 is 155 Å². The Morgan fingerprint density at radius 3 is 1.32 bits per heavy atom. The zero-order chi connectivity index (χ0) is 46.3. The normalized spacial score (nSPS) is 35.4. The maximum absolute atomic E-state index is 14.3. The number of rotatable bonds is 18. The minimum absolute atomic E-state index is 0.0107. The van der Waals surface area contributed by atoms with E-state index in [0.717, 1.165) is 0 Å². The van der Waals surface area contributed by atoms with Gasteiger partial charge in [0.1, 0.15) is 98.0 Å². The molecule has 0 saturated carbocycles. The second kappa shape index (κ2) is 22.0. The molecule has 23 heteroatoms. The van der Waals surface area contributed by atoms with Gasteiger partial charge >= 0.3 is 11.9 Å². The lowest BCUT2D eigenvalue weighted by Crippen LogP contribution is -2.66. The molecule has 0 radical (unpaired) electrons. The van der Waals surface area contributed by atoms with Crippen molar-refractivity contribution in [3.8, 4) is 11.5 Å². The van der Waals surface area contributed by atoms with Crippen LogP contribution in [0.3, 0.4) is 0 Å². The topological polar surface area (TPSA) is 371 Å². The van der Waals surface area contributed by atoms with E-state index in [4.69, 9.17) is 37.9 Å². The molecule has 18 atom stereocenters. The summed E-state index contributed by atoms with van der Waals surface area (Å²) in [5.41, 5.74) is -2.15. The van der Waals surface area contributed by atoms with Crippen LogP contribution in [0.5, 0.6) is 11.5 Å². The van der Waals surface area contributed by atoms with Gasteiger partial charge in [-0.1, -0.05) is 44.5 Å². The van der Waals surface area contributed by atoms with E-state index in [9.17, 15) is 76.0 Å². The number of hydrogen-bond donors (Lipinski definition) is 13. The van der Waals surface area contributed by atoms with Gasteiger partial charge in [-0.05, 0) is 41.3 Å². The third-order valence-corrected chi connectivity index (χ3v) is 11.3. The second-order valence-corrected chi connectivity index (χ2v) is 15.4. The van der Waals surface area contributed by atoms with Gasteiger partial charge in [-0.2, -0.15) is 0 Å². The summed E-state index contributed by atoms with van der Waals surface area (Å²) in [6.45, 7) is -0.298. The summed E-state index contributed by atoms with van der Waals surface area (Å²) < 4.78 is 44.3. The molecule has 2 aromatic carbocycles. The second-order valence-electron chi connectivity index (χ2n) is 15.4. The molecule has 0 spiro atoms. The Kier molecular flexibility index (Phi) is 17.6. The Morgan fingerprint density at radius 1 is 0.571 bits per heavy atom. The van der Waals surface area contributed by atoms with Crippen molar-refractivity contribution in [2.24, 2.45) is 5.92 Å². The first-order valence-corrected chi connectivity index (χ1v) is 20.0. The van der Waals surface area contributed by atoms with Gasteiger partial charge in [-0.25, -0.2) is 9.59 Å². The van der Waals surface area contributed by atoms with Gasteiger partial charge in [0, 0.05) is 0 Å². The minimum atomic E-state index is -2.76. The van der Waals surface area contributed by atoms with Crippen LogP contribution in [0.15, 0.2) is 48.5 Å². The van der Waals surface area contributed by atoms with Gasteiger partial charge in [-0.15, -0.1) is 0 Å². The molecule has 3 fully saturated rings. The lowest BCUT2D eigenvalue weighted by Gasteiger charge is -2.46. The molecule has 3 saturated heterocycles. The summed E-state index contributed by atoms with van der Waals surface area (Å²) >= 11 is 0. The first-order valence-electron chi connectivity index (χ1n) is 20.0. The molecular formula is C40H56O23. The van der Waals surface area contributed by atoms with Crippen molar-refractivity contribution in [1.29, 1.82) is 0 Å². The van der Waals surface area contributed by atoms with Gasteiger partial charge in [0.15, 0.2) is 12.4 Å². The van der Waals surface area contributed by atoms with E-state index in [0.29, 0.717) is 11.1 Å². The molecule has 23 nitrogen and oxygen atoms in total. The Hall–Kier alpha value is -3.70. The summed E-state index contributed by atoms with van der Waals surface area (Å²) in [6.07, 6.45) is -27.3. The van der Waals surface area contributed by atoms with Crippen molar-refractivity contribution in [2.75, 3.05) is 19.8 Å². The molecule has 0 aliphatic carbocycles. The van der Waals surface area contributed by atoms with Crippen LogP contribution in [-0.4, -0.2) is 202 Å². The number of carbonyl (C=O) groups is 2. The molecule has 3 heterocycles. The Morgan fingerprint density at radius 2 is 0.937 bits per heavy atom. The fourth-order valence-electron chi connectivity index (χ4n) is 7.07. The monoisotopic (exact) mass is 904 g/mol. The van der Waals surface area contributed by atoms with E-state index in [1.807, 2.05) is 0 Å². The minimum Gasteiger partial charge on any atom is -0.462 e. The maximum atomic E-state index is 14.3. The third-order valence-electron chi connectivity index (χ3n) is 11.3. The molecule has 0 aromatic heterocycles. The molecule has 0 bridgehead atoms. The highest BCUT2D eigenvalue weighted by atomic mass is 16.7. The number of aliphatic hydroxyl groups is 13. The molecule has 5 rings (SSSR count). The highest BCUT2D eigenvalue weighted by molar-refractivity contribution is 5.89. The molecule has 63 heavy (non-hydrogen) atoms. The summed E-state index contributed by atoms with van der Waals surface area (Å²) in [5.74, 6) is -3.75. The third kappa shape index (κ3) is 11.1. The predicted octanol–water partition coefficient (Wildman–Crippen LogP) is -5.21.